The summed E-state index contributed by atoms with van der Waals surface area (Å²) < 4.78 is 0. The predicted octanol–water partition coefficient (Wildman–Crippen LogP) is 3.83. The van der Waals surface area contributed by atoms with Crippen molar-refractivity contribution in [2.45, 2.75) is 17.6 Å². The zero-order valence-electron chi connectivity index (χ0n) is 10.1. The molecule has 2 nitrogen and oxygen atoms in total. The van der Waals surface area contributed by atoms with Crippen LogP contribution in [-0.2, 0) is 5.75 Å². The van der Waals surface area contributed by atoms with Crippen molar-refractivity contribution >= 4 is 17.5 Å². The van der Waals surface area contributed by atoms with E-state index in [0.717, 1.165) is 16.9 Å². The third-order valence-corrected chi connectivity index (χ3v) is 4.27. The zero-order valence-corrected chi connectivity index (χ0v) is 10.9. The fraction of sp³-hybridized carbons (Fsp3) is 0.133. The standard InChI is InChI=1S/C15H13NOS/c1-10-6-7-14-13(8-10)15(16-17)12-5-3-2-4-11(12)9-18-14/h2-8,17H,9H2,1H3. The molecule has 0 saturated heterocycles. The number of thioether (sulfide) groups is 1. The first-order valence-electron chi connectivity index (χ1n) is 5.84. The Morgan fingerprint density at radius 3 is 2.78 bits per heavy atom. The third kappa shape index (κ3) is 1.81. The van der Waals surface area contributed by atoms with Gasteiger partial charge < -0.3 is 5.21 Å². The molecule has 0 aliphatic carbocycles. The first-order chi connectivity index (χ1) is 8.79. The lowest BCUT2D eigenvalue weighted by molar-refractivity contribution is 0.319. The van der Waals surface area contributed by atoms with Crippen LogP contribution in [0.15, 0.2) is 52.5 Å². The van der Waals surface area contributed by atoms with Gasteiger partial charge in [-0.05, 0) is 24.6 Å². The SMILES string of the molecule is Cc1ccc2c(c1)C(=NO)c1ccccc1CS2. The minimum absolute atomic E-state index is 0.675. The minimum atomic E-state index is 0.675. The van der Waals surface area contributed by atoms with Crippen LogP contribution in [0.4, 0.5) is 0 Å². The van der Waals surface area contributed by atoms with Gasteiger partial charge in [-0.3, -0.25) is 0 Å². The zero-order chi connectivity index (χ0) is 12.5. The maximum Gasteiger partial charge on any atom is 0.118 e. The van der Waals surface area contributed by atoms with Gasteiger partial charge in [-0.2, -0.15) is 0 Å². The van der Waals surface area contributed by atoms with Crippen molar-refractivity contribution in [2.24, 2.45) is 5.16 Å². The van der Waals surface area contributed by atoms with Gasteiger partial charge >= 0.3 is 0 Å². The third-order valence-electron chi connectivity index (χ3n) is 3.15. The molecule has 18 heavy (non-hydrogen) atoms. The summed E-state index contributed by atoms with van der Waals surface area (Å²) in [5.41, 5.74) is 5.11. The molecule has 0 amide bonds. The highest BCUT2D eigenvalue weighted by Gasteiger charge is 2.20. The Labute approximate surface area is 110 Å². The summed E-state index contributed by atoms with van der Waals surface area (Å²) in [6.07, 6.45) is 0. The van der Waals surface area contributed by atoms with Crippen LogP contribution < -0.4 is 0 Å². The number of hydrogen-bond donors (Lipinski definition) is 1. The Morgan fingerprint density at radius 2 is 1.94 bits per heavy atom. The van der Waals surface area contributed by atoms with Crippen molar-refractivity contribution in [1.82, 2.24) is 0 Å². The molecule has 0 bridgehead atoms. The molecule has 0 atom stereocenters. The molecule has 1 N–H and O–H groups in total. The minimum Gasteiger partial charge on any atom is -0.410 e. The van der Waals surface area contributed by atoms with Gasteiger partial charge in [-0.25, -0.2) is 0 Å². The predicted molar refractivity (Wildman–Crippen MR) is 74.6 cm³/mol. The quantitative estimate of drug-likeness (QED) is 0.573. The van der Waals surface area contributed by atoms with Crippen LogP contribution in [0.5, 0.6) is 0 Å². The normalized spacial score (nSPS) is 15.9. The van der Waals surface area contributed by atoms with Crippen LogP contribution in [0.1, 0.15) is 22.3 Å². The molecular formula is C15H13NOS. The topological polar surface area (TPSA) is 32.6 Å². The van der Waals surface area contributed by atoms with E-state index < -0.39 is 0 Å². The van der Waals surface area contributed by atoms with E-state index in [2.05, 4.69) is 36.3 Å². The van der Waals surface area contributed by atoms with Crippen molar-refractivity contribution < 1.29 is 5.21 Å². The fourth-order valence-electron chi connectivity index (χ4n) is 2.24. The summed E-state index contributed by atoms with van der Waals surface area (Å²) in [6.45, 7) is 2.05. The summed E-state index contributed by atoms with van der Waals surface area (Å²) in [4.78, 5) is 1.17. The van der Waals surface area contributed by atoms with Gasteiger partial charge in [0, 0.05) is 21.8 Å². The van der Waals surface area contributed by atoms with Crippen LogP contribution in [0.2, 0.25) is 0 Å². The molecule has 0 aromatic heterocycles. The van der Waals surface area contributed by atoms with E-state index in [1.165, 1.54) is 16.0 Å². The fourth-order valence-corrected chi connectivity index (χ4v) is 3.28. The van der Waals surface area contributed by atoms with E-state index in [4.69, 9.17) is 0 Å². The lowest BCUT2D eigenvalue weighted by atomic mass is 9.97. The second-order valence-corrected chi connectivity index (χ2v) is 5.41. The van der Waals surface area contributed by atoms with Gasteiger partial charge in [0.2, 0.25) is 0 Å². The van der Waals surface area contributed by atoms with E-state index in [9.17, 15) is 5.21 Å². The van der Waals surface area contributed by atoms with Crippen molar-refractivity contribution in [2.75, 3.05) is 0 Å². The number of fused-ring (bicyclic) bond motifs is 2. The number of oxime groups is 1. The Bertz CT molecular complexity index is 634. The van der Waals surface area contributed by atoms with E-state index in [1.807, 2.05) is 18.2 Å². The Morgan fingerprint density at radius 1 is 1.11 bits per heavy atom. The average molecular weight is 255 g/mol. The van der Waals surface area contributed by atoms with Gasteiger partial charge in [-0.1, -0.05) is 41.1 Å². The highest BCUT2D eigenvalue weighted by Crippen LogP contribution is 2.34. The Balaban J connectivity index is 2.27. The first kappa shape index (κ1) is 11.4. The molecule has 0 spiro atoms. The van der Waals surface area contributed by atoms with Crippen LogP contribution in [0.3, 0.4) is 0 Å². The summed E-state index contributed by atoms with van der Waals surface area (Å²) in [6, 6.07) is 14.4. The molecule has 1 heterocycles. The molecule has 1 aliphatic rings. The molecule has 0 fully saturated rings. The number of nitrogens with zero attached hydrogens (tertiary/aromatic N) is 1. The molecule has 0 unspecified atom stereocenters. The van der Waals surface area contributed by atoms with Gasteiger partial charge in [-0.15, -0.1) is 11.8 Å². The number of hydrogen-bond acceptors (Lipinski definition) is 3. The molecule has 90 valence electrons. The number of rotatable bonds is 0. The molecule has 0 saturated carbocycles. The summed E-state index contributed by atoms with van der Waals surface area (Å²) >= 11 is 1.79. The molecule has 3 heteroatoms. The molecule has 1 aliphatic heterocycles. The highest BCUT2D eigenvalue weighted by atomic mass is 32.2. The van der Waals surface area contributed by atoms with Gasteiger partial charge in [0.05, 0.1) is 0 Å². The highest BCUT2D eigenvalue weighted by molar-refractivity contribution is 7.98. The summed E-state index contributed by atoms with van der Waals surface area (Å²) in [5, 5.41) is 12.9. The Kier molecular flexibility index (Phi) is 2.84. The van der Waals surface area contributed by atoms with Gasteiger partial charge in [0.15, 0.2) is 0 Å². The monoisotopic (exact) mass is 255 g/mol. The van der Waals surface area contributed by atoms with Crippen LogP contribution in [0, 0.1) is 6.92 Å². The van der Waals surface area contributed by atoms with Crippen LogP contribution >= 0.6 is 11.8 Å². The smallest absolute Gasteiger partial charge is 0.118 e. The maximum atomic E-state index is 9.38. The summed E-state index contributed by atoms with van der Waals surface area (Å²) in [7, 11) is 0. The van der Waals surface area contributed by atoms with Gasteiger partial charge in [0.25, 0.3) is 0 Å². The van der Waals surface area contributed by atoms with E-state index in [1.54, 1.807) is 11.8 Å². The number of aryl methyl sites for hydroxylation is 1. The lowest BCUT2D eigenvalue weighted by Gasteiger charge is -2.08. The molecule has 3 rings (SSSR count). The van der Waals surface area contributed by atoms with E-state index in [-0.39, 0.29) is 0 Å². The Hall–Kier alpha value is -1.74. The largest absolute Gasteiger partial charge is 0.410 e. The van der Waals surface area contributed by atoms with Gasteiger partial charge in [0.1, 0.15) is 5.71 Å². The molecule has 2 aromatic carbocycles. The second-order valence-electron chi connectivity index (χ2n) is 4.39. The van der Waals surface area contributed by atoms with Crippen molar-refractivity contribution in [1.29, 1.82) is 0 Å². The molecule has 2 aromatic rings. The van der Waals surface area contributed by atoms with Crippen molar-refractivity contribution in [3.05, 3.63) is 64.7 Å². The molecular weight excluding hydrogens is 242 g/mol. The van der Waals surface area contributed by atoms with Crippen molar-refractivity contribution in [3.63, 3.8) is 0 Å². The molecule has 0 radical (unpaired) electrons. The first-order valence-corrected chi connectivity index (χ1v) is 6.82. The maximum absolute atomic E-state index is 9.38. The lowest BCUT2D eigenvalue weighted by Crippen LogP contribution is -2.05. The average Bonchev–Trinajstić information content (AvgIpc) is 2.54. The van der Waals surface area contributed by atoms with E-state index >= 15 is 0 Å². The van der Waals surface area contributed by atoms with Crippen molar-refractivity contribution in [3.8, 4) is 0 Å². The van der Waals surface area contributed by atoms with Crippen LogP contribution in [0.25, 0.3) is 0 Å². The summed E-state index contributed by atoms with van der Waals surface area (Å²) in [5.74, 6) is 0.908. The number of benzene rings is 2. The van der Waals surface area contributed by atoms with E-state index in [0.29, 0.717) is 5.71 Å². The second kappa shape index (κ2) is 4.50. The van der Waals surface area contributed by atoms with Crippen LogP contribution in [-0.4, -0.2) is 10.9 Å².